The van der Waals surface area contributed by atoms with Crippen LogP contribution in [0, 0.1) is 17.8 Å². The number of aliphatic hydroxyl groups excluding tert-OH is 1. The van der Waals surface area contributed by atoms with Gasteiger partial charge in [-0.25, -0.2) is 0 Å². The molecule has 3 rings (SSSR count). The predicted molar refractivity (Wildman–Crippen MR) is 81.2 cm³/mol. The first-order valence-electron chi connectivity index (χ1n) is 7.67. The fourth-order valence-electron chi connectivity index (χ4n) is 3.55. The lowest BCUT2D eigenvalue weighted by atomic mass is 9.75. The van der Waals surface area contributed by atoms with Crippen LogP contribution in [0.25, 0.3) is 0 Å². The zero-order chi connectivity index (χ0) is 14.8. The van der Waals surface area contributed by atoms with Crippen molar-refractivity contribution in [2.24, 2.45) is 17.8 Å². The average Bonchev–Trinajstić information content (AvgIpc) is 2.82. The molecule has 0 aliphatic heterocycles. The van der Waals surface area contributed by atoms with E-state index >= 15 is 0 Å². The number of benzene rings is 1. The van der Waals surface area contributed by atoms with Gasteiger partial charge in [-0.15, -0.1) is 0 Å². The summed E-state index contributed by atoms with van der Waals surface area (Å²) in [7, 11) is 1.64. The number of carbonyl (C=O) groups excluding carboxylic acids is 1. The topological polar surface area (TPSA) is 46.5 Å². The van der Waals surface area contributed by atoms with Gasteiger partial charge >= 0.3 is 0 Å². The largest absolute Gasteiger partial charge is 0.497 e. The van der Waals surface area contributed by atoms with E-state index in [0.717, 1.165) is 30.6 Å². The zero-order valence-electron chi connectivity index (χ0n) is 12.4. The van der Waals surface area contributed by atoms with Gasteiger partial charge in [-0.2, -0.15) is 0 Å². The van der Waals surface area contributed by atoms with Gasteiger partial charge in [0.1, 0.15) is 11.5 Å². The van der Waals surface area contributed by atoms with Gasteiger partial charge in [0.15, 0.2) is 0 Å². The van der Waals surface area contributed by atoms with Crippen molar-refractivity contribution in [3.05, 3.63) is 42.0 Å². The lowest BCUT2D eigenvalue weighted by Gasteiger charge is -2.27. The summed E-state index contributed by atoms with van der Waals surface area (Å²) in [6.45, 7) is 0. The highest BCUT2D eigenvalue weighted by molar-refractivity contribution is 5.87. The molecular formula is C18H22O3. The van der Waals surface area contributed by atoms with Crippen molar-refractivity contribution in [2.75, 3.05) is 7.11 Å². The molecule has 0 bridgehead atoms. The van der Waals surface area contributed by atoms with E-state index in [1.807, 2.05) is 30.3 Å². The molecule has 3 heteroatoms. The molecule has 0 aromatic heterocycles. The van der Waals surface area contributed by atoms with Crippen molar-refractivity contribution in [3.63, 3.8) is 0 Å². The molecule has 21 heavy (non-hydrogen) atoms. The molecule has 112 valence electrons. The van der Waals surface area contributed by atoms with Crippen molar-refractivity contribution in [3.8, 4) is 5.75 Å². The maximum absolute atomic E-state index is 11.4. The maximum Gasteiger partial charge on any atom is 0.136 e. The maximum atomic E-state index is 11.4. The number of fused-ring (bicyclic) bond motifs is 1. The van der Waals surface area contributed by atoms with E-state index in [9.17, 15) is 9.90 Å². The zero-order valence-corrected chi connectivity index (χ0v) is 12.4. The number of ether oxygens (including phenoxy) is 1. The van der Waals surface area contributed by atoms with Crippen LogP contribution in [-0.2, 0) is 11.2 Å². The van der Waals surface area contributed by atoms with E-state index in [4.69, 9.17) is 4.74 Å². The molecule has 1 N–H and O–H groups in total. The summed E-state index contributed by atoms with van der Waals surface area (Å²) in [5.74, 6) is 2.67. The van der Waals surface area contributed by atoms with Gasteiger partial charge in [0.2, 0.25) is 0 Å². The number of hydrogen-bond acceptors (Lipinski definition) is 3. The van der Waals surface area contributed by atoms with Crippen molar-refractivity contribution in [1.82, 2.24) is 0 Å². The fraction of sp³-hybridized carbons (Fsp3) is 0.500. The fourth-order valence-corrected chi connectivity index (χ4v) is 3.55. The van der Waals surface area contributed by atoms with Crippen LogP contribution in [0.5, 0.6) is 5.75 Å². The van der Waals surface area contributed by atoms with Gasteiger partial charge in [0, 0.05) is 18.8 Å². The molecule has 0 heterocycles. The van der Waals surface area contributed by atoms with E-state index in [1.54, 1.807) is 7.11 Å². The number of Topliss-reactive ketones (excluding diaryl/α,β-unsaturated/α-hetero) is 1. The summed E-state index contributed by atoms with van der Waals surface area (Å²) in [5.41, 5.74) is 1.09. The molecule has 2 fully saturated rings. The summed E-state index contributed by atoms with van der Waals surface area (Å²) < 4.78 is 5.12. The Kier molecular flexibility index (Phi) is 4.11. The number of methoxy groups -OCH3 is 1. The summed E-state index contributed by atoms with van der Waals surface area (Å²) in [4.78, 5) is 11.4. The van der Waals surface area contributed by atoms with E-state index in [1.165, 1.54) is 0 Å². The van der Waals surface area contributed by atoms with Crippen LogP contribution >= 0.6 is 0 Å². The minimum atomic E-state index is -0.465. The lowest BCUT2D eigenvalue weighted by Crippen LogP contribution is -2.32. The smallest absolute Gasteiger partial charge is 0.136 e. The first-order chi connectivity index (χ1) is 10.2. The van der Waals surface area contributed by atoms with Gasteiger partial charge in [0.25, 0.3) is 0 Å². The monoisotopic (exact) mass is 286 g/mol. The average molecular weight is 286 g/mol. The van der Waals surface area contributed by atoms with Gasteiger partial charge in [-0.3, -0.25) is 4.79 Å². The Bertz CT molecular complexity index is 532. The third-order valence-electron chi connectivity index (χ3n) is 4.82. The van der Waals surface area contributed by atoms with Crippen LogP contribution in [0.15, 0.2) is 36.4 Å². The first kappa shape index (κ1) is 14.3. The van der Waals surface area contributed by atoms with Crippen molar-refractivity contribution in [1.29, 1.82) is 0 Å². The molecule has 0 amide bonds. The summed E-state index contributed by atoms with van der Waals surface area (Å²) >= 11 is 0. The summed E-state index contributed by atoms with van der Waals surface area (Å²) in [6.07, 6.45) is 7.02. The molecule has 1 aromatic rings. The van der Waals surface area contributed by atoms with Crippen molar-refractivity contribution >= 4 is 5.78 Å². The van der Waals surface area contributed by atoms with Crippen LogP contribution in [0.4, 0.5) is 0 Å². The van der Waals surface area contributed by atoms with Gasteiger partial charge in [-0.05, 0) is 42.4 Å². The number of aliphatic hydroxyl groups is 1. The van der Waals surface area contributed by atoms with Crippen LogP contribution in [0.2, 0.25) is 0 Å². The highest BCUT2D eigenvalue weighted by Gasteiger charge is 2.45. The van der Waals surface area contributed by atoms with Gasteiger partial charge in [-0.1, -0.05) is 24.3 Å². The molecule has 2 aliphatic rings. The van der Waals surface area contributed by atoms with Crippen LogP contribution in [0.1, 0.15) is 24.8 Å². The van der Waals surface area contributed by atoms with E-state index in [-0.39, 0.29) is 0 Å². The van der Waals surface area contributed by atoms with E-state index in [2.05, 4.69) is 6.08 Å². The summed E-state index contributed by atoms with van der Waals surface area (Å²) in [5, 5.41) is 10.1. The second-order valence-electron chi connectivity index (χ2n) is 6.27. The van der Waals surface area contributed by atoms with Gasteiger partial charge in [0.05, 0.1) is 13.2 Å². The molecule has 0 spiro atoms. The first-order valence-corrected chi connectivity index (χ1v) is 7.67. The normalized spacial score (nSPS) is 29.2. The van der Waals surface area contributed by atoms with Crippen LogP contribution in [-0.4, -0.2) is 24.1 Å². The number of rotatable bonds is 5. The molecule has 2 unspecified atom stereocenters. The third kappa shape index (κ3) is 3.18. The predicted octanol–water partition coefficient (Wildman–Crippen LogP) is 2.77. The SMILES string of the molecule is COc1ccc(CC(O)C=CC2C[C@@H]3CC(=O)[C@H]3C2)cc1. The van der Waals surface area contributed by atoms with Crippen LogP contribution < -0.4 is 4.74 Å². The Morgan fingerprint density at radius 1 is 1.33 bits per heavy atom. The van der Waals surface area contributed by atoms with Gasteiger partial charge < -0.3 is 9.84 Å². The molecule has 1 aromatic carbocycles. The molecule has 3 nitrogen and oxygen atoms in total. The molecule has 4 atom stereocenters. The third-order valence-corrected chi connectivity index (χ3v) is 4.82. The highest BCUT2D eigenvalue weighted by atomic mass is 16.5. The molecule has 2 saturated carbocycles. The molecule has 0 radical (unpaired) electrons. The Morgan fingerprint density at radius 2 is 2.10 bits per heavy atom. The second-order valence-corrected chi connectivity index (χ2v) is 6.27. The van der Waals surface area contributed by atoms with Crippen LogP contribution in [0.3, 0.4) is 0 Å². The van der Waals surface area contributed by atoms with E-state index in [0.29, 0.717) is 30.0 Å². The Balaban J connectivity index is 1.50. The van der Waals surface area contributed by atoms with Crippen molar-refractivity contribution in [2.45, 2.75) is 31.8 Å². The second kappa shape index (κ2) is 6.02. The van der Waals surface area contributed by atoms with E-state index < -0.39 is 6.10 Å². The Hall–Kier alpha value is -1.61. The number of hydrogen-bond donors (Lipinski definition) is 1. The minimum Gasteiger partial charge on any atom is -0.497 e. The standard InChI is InChI=1S/C18H22O3/c1-21-16-6-3-12(4-7-16)9-15(19)5-2-13-8-14-11-18(20)17(14)10-13/h2-7,13-15,17,19H,8-11H2,1H3/t13?,14-,15?,17+/m1/s1. The lowest BCUT2D eigenvalue weighted by molar-refractivity contribution is -0.132. The molecule has 0 saturated heterocycles. The quantitative estimate of drug-likeness (QED) is 0.847. The van der Waals surface area contributed by atoms with Crippen molar-refractivity contribution < 1.29 is 14.6 Å². The molecule has 2 aliphatic carbocycles. The number of carbonyl (C=O) groups is 1. The Morgan fingerprint density at radius 3 is 2.71 bits per heavy atom. The minimum absolute atomic E-state index is 0.318. The Labute approximate surface area is 125 Å². The summed E-state index contributed by atoms with van der Waals surface area (Å²) in [6, 6.07) is 7.77. The highest BCUT2D eigenvalue weighted by Crippen LogP contribution is 2.47. The number of ketones is 1. The molecular weight excluding hydrogens is 264 g/mol. The number of allylic oxidation sites excluding steroid dienone is 1.